The van der Waals surface area contributed by atoms with E-state index in [2.05, 4.69) is 10.6 Å². The van der Waals surface area contributed by atoms with Gasteiger partial charge in [0.25, 0.3) is 0 Å². The molecule has 0 fully saturated rings. The number of ether oxygens (including phenoxy) is 2. The van der Waals surface area contributed by atoms with E-state index in [1.165, 1.54) is 12.1 Å². The summed E-state index contributed by atoms with van der Waals surface area (Å²) in [4.78, 5) is 11.7. The Labute approximate surface area is 140 Å². The summed E-state index contributed by atoms with van der Waals surface area (Å²) in [7, 11) is 1.61. The van der Waals surface area contributed by atoms with Gasteiger partial charge in [-0.3, -0.25) is 4.79 Å². The van der Waals surface area contributed by atoms with E-state index in [4.69, 9.17) is 9.47 Å². The van der Waals surface area contributed by atoms with Gasteiger partial charge >= 0.3 is 0 Å². The standard InChI is InChI=1S/C18H21FN2O3/c1-23-14-6-8-15(9-7-14)24-13-12-20-11-10-18(22)21-17-5-3-2-4-16(17)19/h2-9,20H,10-13H2,1H3,(H,21,22). The van der Waals surface area contributed by atoms with Crippen molar-refractivity contribution in [3.63, 3.8) is 0 Å². The Balaban J connectivity index is 1.57. The lowest BCUT2D eigenvalue weighted by Gasteiger charge is -2.09. The van der Waals surface area contributed by atoms with Crippen molar-refractivity contribution in [1.29, 1.82) is 0 Å². The van der Waals surface area contributed by atoms with Crippen molar-refractivity contribution < 1.29 is 18.7 Å². The molecule has 0 bridgehead atoms. The van der Waals surface area contributed by atoms with E-state index in [1.54, 1.807) is 19.2 Å². The maximum Gasteiger partial charge on any atom is 0.225 e. The fourth-order valence-corrected chi connectivity index (χ4v) is 2.02. The number of carbonyl (C=O) groups is 1. The van der Waals surface area contributed by atoms with Crippen LogP contribution in [0.4, 0.5) is 10.1 Å². The highest BCUT2D eigenvalue weighted by Crippen LogP contribution is 2.16. The van der Waals surface area contributed by atoms with Gasteiger partial charge in [0.05, 0.1) is 12.8 Å². The van der Waals surface area contributed by atoms with E-state index in [0.717, 1.165) is 11.5 Å². The van der Waals surface area contributed by atoms with E-state index in [9.17, 15) is 9.18 Å². The summed E-state index contributed by atoms with van der Waals surface area (Å²) in [6, 6.07) is 13.4. The van der Waals surface area contributed by atoms with E-state index < -0.39 is 5.82 Å². The third-order valence-electron chi connectivity index (χ3n) is 3.28. The number of methoxy groups -OCH3 is 1. The summed E-state index contributed by atoms with van der Waals surface area (Å²) in [5.74, 6) is 0.867. The molecule has 0 aliphatic heterocycles. The van der Waals surface area contributed by atoms with Crippen LogP contribution in [0.25, 0.3) is 0 Å². The Morgan fingerprint density at radius 3 is 2.46 bits per heavy atom. The van der Waals surface area contributed by atoms with E-state index in [1.807, 2.05) is 24.3 Å². The maximum absolute atomic E-state index is 13.4. The lowest BCUT2D eigenvalue weighted by molar-refractivity contribution is -0.116. The molecule has 0 aromatic heterocycles. The van der Waals surface area contributed by atoms with Crippen molar-refractivity contribution in [2.75, 3.05) is 32.1 Å². The predicted molar refractivity (Wildman–Crippen MR) is 91.0 cm³/mol. The number of rotatable bonds is 9. The van der Waals surface area contributed by atoms with E-state index in [0.29, 0.717) is 19.7 Å². The molecule has 0 unspecified atom stereocenters. The van der Waals surface area contributed by atoms with Gasteiger partial charge in [-0.05, 0) is 36.4 Å². The van der Waals surface area contributed by atoms with Gasteiger partial charge in [-0.15, -0.1) is 0 Å². The zero-order chi connectivity index (χ0) is 17.2. The Morgan fingerprint density at radius 1 is 1.04 bits per heavy atom. The number of benzene rings is 2. The number of hydrogen-bond acceptors (Lipinski definition) is 4. The molecule has 2 N–H and O–H groups in total. The first-order valence-corrected chi connectivity index (χ1v) is 7.71. The second-order valence-corrected chi connectivity index (χ2v) is 5.05. The van der Waals surface area contributed by atoms with Gasteiger partial charge in [0, 0.05) is 19.5 Å². The second-order valence-electron chi connectivity index (χ2n) is 5.05. The molecule has 0 heterocycles. The molecule has 2 aromatic carbocycles. The highest BCUT2D eigenvalue weighted by molar-refractivity contribution is 5.90. The van der Waals surface area contributed by atoms with Crippen LogP contribution in [0, 0.1) is 5.82 Å². The Bertz CT molecular complexity index is 647. The Morgan fingerprint density at radius 2 is 1.75 bits per heavy atom. The SMILES string of the molecule is COc1ccc(OCCNCCC(=O)Nc2ccccc2F)cc1. The van der Waals surface area contributed by atoms with Crippen LogP contribution >= 0.6 is 0 Å². The predicted octanol–water partition coefficient (Wildman–Crippen LogP) is 2.83. The van der Waals surface area contributed by atoms with Crippen LogP contribution in [0.2, 0.25) is 0 Å². The van der Waals surface area contributed by atoms with Crippen LogP contribution in [-0.4, -0.2) is 32.7 Å². The Kier molecular flexibility index (Phi) is 7.04. The first-order valence-electron chi connectivity index (χ1n) is 7.71. The molecule has 0 atom stereocenters. The topological polar surface area (TPSA) is 59.6 Å². The fourth-order valence-electron chi connectivity index (χ4n) is 2.02. The summed E-state index contributed by atoms with van der Waals surface area (Å²) in [6.45, 7) is 1.59. The summed E-state index contributed by atoms with van der Waals surface area (Å²) < 4.78 is 24.0. The van der Waals surface area contributed by atoms with E-state index >= 15 is 0 Å². The number of nitrogens with one attached hydrogen (secondary N) is 2. The molecule has 128 valence electrons. The lowest BCUT2D eigenvalue weighted by Crippen LogP contribution is -2.25. The van der Waals surface area contributed by atoms with Gasteiger partial charge < -0.3 is 20.1 Å². The molecule has 5 nitrogen and oxygen atoms in total. The van der Waals surface area contributed by atoms with Crippen molar-refractivity contribution in [2.45, 2.75) is 6.42 Å². The van der Waals surface area contributed by atoms with Crippen LogP contribution in [0.3, 0.4) is 0 Å². The molecule has 6 heteroatoms. The largest absolute Gasteiger partial charge is 0.497 e. The molecule has 24 heavy (non-hydrogen) atoms. The first kappa shape index (κ1) is 17.7. The minimum absolute atomic E-state index is 0.199. The number of hydrogen-bond donors (Lipinski definition) is 2. The molecule has 0 saturated heterocycles. The summed E-state index contributed by atoms with van der Waals surface area (Å²) in [5, 5.41) is 5.65. The summed E-state index contributed by atoms with van der Waals surface area (Å²) >= 11 is 0. The molecule has 0 spiro atoms. The molecule has 0 aliphatic rings. The van der Waals surface area contributed by atoms with Crippen molar-refractivity contribution in [2.24, 2.45) is 0 Å². The number of anilines is 1. The number of carbonyl (C=O) groups excluding carboxylic acids is 1. The van der Waals surface area contributed by atoms with Crippen LogP contribution < -0.4 is 20.1 Å². The average molecular weight is 332 g/mol. The fraction of sp³-hybridized carbons (Fsp3) is 0.278. The molecule has 1 amide bonds. The highest BCUT2D eigenvalue weighted by atomic mass is 19.1. The van der Waals surface area contributed by atoms with Crippen LogP contribution in [0.5, 0.6) is 11.5 Å². The summed E-state index contributed by atoms with van der Waals surface area (Å²) in [5.41, 5.74) is 0.199. The number of para-hydroxylation sites is 1. The molecule has 2 rings (SSSR count). The average Bonchev–Trinajstić information content (AvgIpc) is 2.60. The highest BCUT2D eigenvalue weighted by Gasteiger charge is 2.05. The van der Waals surface area contributed by atoms with Gasteiger partial charge in [-0.2, -0.15) is 0 Å². The van der Waals surface area contributed by atoms with Crippen LogP contribution in [0.1, 0.15) is 6.42 Å². The van der Waals surface area contributed by atoms with Gasteiger partial charge in [-0.1, -0.05) is 12.1 Å². The zero-order valence-corrected chi connectivity index (χ0v) is 13.5. The van der Waals surface area contributed by atoms with Crippen molar-refractivity contribution in [3.8, 4) is 11.5 Å². The van der Waals surface area contributed by atoms with Crippen LogP contribution in [0.15, 0.2) is 48.5 Å². The summed E-state index contributed by atoms with van der Waals surface area (Å²) in [6.07, 6.45) is 0.261. The van der Waals surface area contributed by atoms with Crippen molar-refractivity contribution >= 4 is 11.6 Å². The van der Waals surface area contributed by atoms with Crippen molar-refractivity contribution in [3.05, 3.63) is 54.3 Å². The zero-order valence-electron chi connectivity index (χ0n) is 13.5. The number of halogens is 1. The van der Waals surface area contributed by atoms with Gasteiger partial charge in [0.15, 0.2) is 0 Å². The quantitative estimate of drug-likeness (QED) is 0.693. The Hall–Kier alpha value is -2.60. The van der Waals surface area contributed by atoms with Gasteiger partial charge in [0.1, 0.15) is 23.9 Å². The molecule has 0 aliphatic carbocycles. The number of amides is 1. The molecular formula is C18H21FN2O3. The molecular weight excluding hydrogens is 311 g/mol. The maximum atomic E-state index is 13.4. The van der Waals surface area contributed by atoms with Crippen molar-refractivity contribution in [1.82, 2.24) is 5.32 Å². The van der Waals surface area contributed by atoms with Crippen LogP contribution in [-0.2, 0) is 4.79 Å². The minimum atomic E-state index is -0.438. The smallest absolute Gasteiger partial charge is 0.225 e. The normalized spacial score (nSPS) is 10.2. The monoisotopic (exact) mass is 332 g/mol. The van der Waals surface area contributed by atoms with Gasteiger partial charge in [-0.25, -0.2) is 4.39 Å². The second kappa shape index (κ2) is 9.52. The third kappa shape index (κ3) is 5.89. The molecule has 0 saturated carbocycles. The first-order chi connectivity index (χ1) is 11.7. The minimum Gasteiger partial charge on any atom is -0.497 e. The third-order valence-corrected chi connectivity index (χ3v) is 3.28. The molecule has 2 aromatic rings. The molecule has 0 radical (unpaired) electrons. The van der Waals surface area contributed by atoms with Gasteiger partial charge in [0.2, 0.25) is 5.91 Å². The van der Waals surface area contributed by atoms with E-state index in [-0.39, 0.29) is 18.0 Å². The lowest BCUT2D eigenvalue weighted by atomic mass is 10.3.